The Morgan fingerprint density at radius 3 is 2.32 bits per heavy atom. The van der Waals surface area contributed by atoms with E-state index in [-0.39, 0.29) is 5.92 Å². The summed E-state index contributed by atoms with van der Waals surface area (Å²) in [5.74, 6) is 0.190. The number of benzene rings is 2. The number of pyridine rings is 1. The first-order chi connectivity index (χ1) is 12.2. The van der Waals surface area contributed by atoms with Gasteiger partial charge < -0.3 is 0 Å². The van der Waals surface area contributed by atoms with E-state index in [2.05, 4.69) is 75.4 Å². The molecule has 1 atom stereocenters. The van der Waals surface area contributed by atoms with Crippen LogP contribution in [0.5, 0.6) is 0 Å². The lowest BCUT2D eigenvalue weighted by atomic mass is 9.80. The number of aromatic nitrogens is 1. The molecule has 0 unspecified atom stereocenters. The molecule has 0 bridgehead atoms. The topological polar surface area (TPSA) is 12.9 Å². The summed E-state index contributed by atoms with van der Waals surface area (Å²) in [6, 6.07) is 21.7. The van der Waals surface area contributed by atoms with Gasteiger partial charge in [-0.1, -0.05) is 61.9 Å². The van der Waals surface area contributed by atoms with Gasteiger partial charge in [0, 0.05) is 6.20 Å². The van der Waals surface area contributed by atoms with Crippen molar-refractivity contribution in [1.82, 2.24) is 4.98 Å². The van der Waals surface area contributed by atoms with Crippen LogP contribution >= 0.6 is 0 Å². The molecule has 1 heterocycles. The molecule has 0 radical (unpaired) electrons. The Kier molecular flexibility index (Phi) is 5.65. The van der Waals surface area contributed by atoms with Crippen molar-refractivity contribution in [2.45, 2.75) is 46.0 Å². The highest BCUT2D eigenvalue weighted by molar-refractivity contribution is 5.50. The molecule has 0 saturated carbocycles. The van der Waals surface area contributed by atoms with E-state index in [1.807, 2.05) is 12.3 Å². The Morgan fingerprint density at radius 2 is 1.60 bits per heavy atom. The zero-order valence-electron chi connectivity index (χ0n) is 15.5. The van der Waals surface area contributed by atoms with Crippen LogP contribution in [0.1, 0.15) is 59.2 Å². The summed E-state index contributed by atoms with van der Waals surface area (Å²) in [6.45, 7) is 6.70. The van der Waals surface area contributed by atoms with Crippen LogP contribution in [0.2, 0.25) is 0 Å². The molecule has 25 heavy (non-hydrogen) atoms. The summed E-state index contributed by atoms with van der Waals surface area (Å²) in [5, 5.41) is 0. The highest BCUT2D eigenvalue weighted by Gasteiger charge is 2.23. The second-order valence-corrected chi connectivity index (χ2v) is 6.80. The fraction of sp³-hybridized carbons (Fsp3) is 0.292. The van der Waals surface area contributed by atoms with Gasteiger partial charge in [-0.25, -0.2) is 0 Å². The van der Waals surface area contributed by atoms with Crippen LogP contribution in [-0.2, 0) is 6.42 Å². The lowest BCUT2D eigenvalue weighted by molar-refractivity contribution is 0.775. The van der Waals surface area contributed by atoms with Crippen LogP contribution in [0.25, 0.3) is 0 Å². The fourth-order valence-corrected chi connectivity index (χ4v) is 3.66. The third-order valence-corrected chi connectivity index (χ3v) is 4.99. The molecule has 1 nitrogen and oxygen atoms in total. The molecule has 0 aliphatic carbocycles. The normalized spacial score (nSPS) is 12.1. The van der Waals surface area contributed by atoms with E-state index in [0.29, 0.717) is 0 Å². The van der Waals surface area contributed by atoms with Crippen LogP contribution in [0, 0.1) is 13.8 Å². The Morgan fingerprint density at radius 1 is 0.840 bits per heavy atom. The average molecular weight is 329 g/mol. The second kappa shape index (κ2) is 8.11. The van der Waals surface area contributed by atoms with Gasteiger partial charge in [0.2, 0.25) is 0 Å². The van der Waals surface area contributed by atoms with Crippen molar-refractivity contribution in [3.05, 3.63) is 100 Å². The molecule has 2 aromatic carbocycles. The molecular formula is C24H27N. The largest absolute Gasteiger partial charge is 0.260 e. The summed E-state index contributed by atoms with van der Waals surface area (Å²) in [6.07, 6.45) is 5.47. The smallest absolute Gasteiger partial charge is 0.0522 e. The van der Waals surface area contributed by atoms with Crippen molar-refractivity contribution in [3.8, 4) is 0 Å². The van der Waals surface area contributed by atoms with Crippen molar-refractivity contribution in [1.29, 1.82) is 0 Å². The summed E-state index contributed by atoms with van der Waals surface area (Å²) in [7, 11) is 0. The zero-order valence-corrected chi connectivity index (χ0v) is 15.5. The van der Waals surface area contributed by atoms with Crippen molar-refractivity contribution in [3.63, 3.8) is 0 Å². The summed E-state index contributed by atoms with van der Waals surface area (Å²) < 4.78 is 0. The number of rotatable bonds is 6. The Balaban J connectivity index is 2.21. The van der Waals surface area contributed by atoms with Gasteiger partial charge in [-0.3, -0.25) is 4.98 Å². The first-order valence-electron chi connectivity index (χ1n) is 9.27. The lowest BCUT2D eigenvalue weighted by Gasteiger charge is -2.24. The Hall–Kier alpha value is -2.41. The van der Waals surface area contributed by atoms with Crippen molar-refractivity contribution in [2.24, 2.45) is 0 Å². The number of hydrogen-bond acceptors (Lipinski definition) is 1. The maximum Gasteiger partial charge on any atom is 0.0522 e. The highest BCUT2D eigenvalue weighted by atomic mass is 14.7. The SMILES string of the molecule is CCCCc1cccc(C)c1[C@H](c1ccccn1)c1ccccc1C. The van der Waals surface area contributed by atoms with Gasteiger partial charge in [-0.05, 0) is 66.6 Å². The van der Waals surface area contributed by atoms with Crippen LogP contribution < -0.4 is 0 Å². The third-order valence-electron chi connectivity index (χ3n) is 4.99. The molecule has 0 amide bonds. The molecule has 1 heteroatoms. The van der Waals surface area contributed by atoms with Crippen LogP contribution in [0.3, 0.4) is 0 Å². The predicted octanol–water partition coefficient (Wildman–Crippen LogP) is 6.22. The maximum absolute atomic E-state index is 4.74. The third kappa shape index (κ3) is 3.82. The molecule has 0 fully saturated rings. The molecule has 0 aliphatic heterocycles. The van der Waals surface area contributed by atoms with Crippen molar-refractivity contribution >= 4 is 0 Å². The molecule has 0 aliphatic rings. The highest BCUT2D eigenvalue weighted by Crippen LogP contribution is 2.36. The van der Waals surface area contributed by atoms with Crippen molar-refractivity contribution < 1.29 is 0 Å². The number of hydrogen-bond donors (Lipinski definition) is 0. The van der Waals surface area contributed by atoms with Gasteiger partial charge in [0.1, 0.15) is 0 Å². The van der Waals surface area contributed by atoms with Crippen LogP contribution in [-0.4, -0.2) is 4.98 Å². The van der Waals surface area contributed by atoms with E-state index in [9.17, 15) is 0 Å². The van der Waals surface area contributed by atoms with Crippen molar-refractivity contribution in [2.75, 3.05) is 0 Å². The van der Waals surface area contributed by atoms with Gasteiger partial charge in [0.05, 0.1) is 11.6 Å². The molecule has 0 N–H and O–H groups in total. The van der Waals surface area contributed by atoms with Gasteiger partial charge in [0.25, 0.3) is 0 Å². The predicted molar refractivity (Wildman–Crippen MR) is 106 cm³/mol. The van der Waals surface area contributed by atoms with Gasteiger partial charge in [0.15, 0.2) is 0 Å². The minimum atomic E-state index is 0.190. The van der Waals surface area contributed by atoms with Crippen LogP contribution in [0.4, 0.5) is 0 Å². The summed E-state index contributed by atoms with van der Waals surface area (Å²) in [5.41, 5.74) is 8.05. The number of nitrogens with zero attached hydrogens (tertiary/aromatic N) is 1. The quantitative estimate of drug-likeness (QED) is 0.523. The summed E-state index contributed by atoms with van der Waals surface area (Å²) in [4.78, 5) is 4.74. The van der Waals surface area contributed by atoms with E-state index in [4.69, 9.17) is 4.98 Å². The second-order valence-electron chi connectivity index (χ2n) is 6.80. The fourth-order valence-electron chi connectivity index (χ4n) is 3.66. The lowest BCUT2D eigenvalue weighted by Crippen LogP contribution is -2.11. The number of unbranched alkanes of at least 4 members (excludes halogenated alkanes) is 1. The van der Waals surface area contributed by atoms with E-state index in [0.717, 1.165) is 12.1 Å². The molecule has 3 aromatic rings. The standard InChI is InChI=1S/C24H27N/c1-4-5-13-20-14-10-12-19(3)23(20)24(22-16-8-9-17-25-22)21-15-7-6-11-18(21)2/h6-12,14-17,24H,4-5,13H2,1-3H3/t24-/m0/s1. The monoisotopic (exact) mass is 329 g/mol. The van der Waals surface area contributed by atoms with Gasteiger partial charge in [-0.2, -0.15) is 0 Å². The minimum absolute atomic E-state index is 0.190. The Labute approximate surface area is 151 Å². The zero-order chi connectivity index (χ0) is 17.6. The molecule has 1 aromatic heterocycles. The molecule has 0 saturated heterocycles. The molecule has 0 spiro atoms. The first kappa shape index (κ1) is 17.4. The maximum atomic E-state index is 4.74. The van der Waals surface area contributed by atoms with E-state index in [1.54, 1.807) is 0 Å². The number of aryl methyl sites for hydroxylation is 3. The van der Waals surface area contributed by atoms with Gasteiger partial charge in [-0.15, -0.1) is 0 Å². The van der Waals surface area contributed by atoms with E-state index >= 15 is 0 Å². The Bertz CT molecular complexity index is 821. The van der Waals surface area contributed by atoms with E-state index < -0.39 is 0 Å². The average Bonchev–Trinajstić information content (AvgIpc) is 2.64. The summed E-state index contributed by atoms with van der Waals surface area (Å²) >= 11 is 0. The first-order valence-corrected chi connectivity index (χ1v) is 9.27. The molecule has 128 valence electrons. The minimum Gasteiger partial charge on any atom is -0.260 e. The molecule has 3 rings (SSSR count). The van der Waals surface area contributed by atoms with Crippen LogP contribution in [0.15, 0.2) is 66.9 Å². The van der Waals surface area contributed by atoms with E-state index in [1.165, 1.54) is 40.7 Å². The van der Waals surface area contributed by atoms with Gasteiger partial charge >= 0.3 is 0 Å². The molecular weight excluding hydrogens is 302 g/mol.